The van der Waals surface area contributed by atoms with E-state index in [-0.39, 0.29) is 19.0 Å². The summed E-state index contributed by atoms with van der Waals surface area (Å²) < 4.78 is 6.09. The van der Waals surface area contributed by atoms with Gasteiger partial charge >= 0.3 is 0 Å². The van der Waals surface area contributed by atoms with Crippen molar-refractivity contribution in [3.05, 3.63) is 35.2 Å². The van der Waals surface area contributed by atoms with Crippen molar-refractivity contribution in [3.8, 4) is 6.07 Å². The van der Waals surface area contributed by atoms with Gasteiger partial charge in [-0.1, -0.05) is 18.2 Å². The third-order valence-corrected chi connectivity index (χ3v) is 4.03. The first-order valence-electron chi connectivity index (χ1n) is 5.27. The summed E-state index contributed by atoms with van der Waals surface area (Å²) in [5.74, 6) is -0.108. The van der Waals surface area contributed by atoms with E-state index in [0.29, 0.717) is 5.56 Å². The van der Waals surface area contributed by atoms with E-state index in [9.17, 15) is 4.79 Å². The number of benzene rings is 1. The third-order valence-electron chi connectivity index (χ3n) is 3.07. The van der Waals surface area contributed by atoms with Crippen molar-refractivity contribution in [3.63, 3.8) is 0 Å². The van der Waals surface area contributed by atoms with Gasteiger partial charge in [-0.2, -0.15) is 5.26 Å². The lowest BCUT2D eigenvalue weighted by Gasteiger charge is -2.33. The number of hydrogen-bond donors (Lipinski definition) is 0. The molecule has 1 aromatic heterocycles. The molecule has 1 aliphatic rings. The first-order valence-corrected chi connectivity index (χ1v) is 6.15. The van der Waals surface area contributed by atoms with Gasteiger partial charge < -0.3 is 4.74 Å². The number of nitrogens with zero attached hydrogens (tertiary/aromatic N) is 1. The topological polar surface area (TPSA) is 50.1 Å². The summed E-state index contributed by atoms with van der Waals surface area (Å²) >= 11 is 1.53. The van der Waals surface area contributed by atoms with Crippen LogP contribution in [0.3, 0.4) is 0 Å². The molecule has 1 fully saturated rings. The molecule has 0 spiro atoms. The number of rotatable bonds is 2. The van der Waals surface area contributed by atoms with Crippen LogP contribution >= 0.6 is 11.3 Å². The molecule has 2 heterocycles. The largest absolute Gasteiger partial charge is 0.377 e. The lowest BCUT2D eigenvalue weighted by molar-refractivity contribution is -0.0565. The van der Waals surface area contributed by atoms with E-state index in [4.69, 9.17) is 10.00 Å². The summed E-state index contributed by atoms with van der Waals surface area (Å²) in [6.07, 6.45) is 0. The Hall–Kier alpha value is -1.70. The molecule has 0 aliphatic carbocycles. The van der Waals surface area contributed by atoms with Crippen LogP contribution in [0.4, 0.5) is 0 Å². The van der Waals surface area contributed by atoms with Crippen LogP contribution in [-0.2, 0) is 4.74 Å². The first kappa shape index (κ1) is 10.5. The Balaban J connectivity index is 2.11. The van der Waals surface area contributed by atoms with Crippen molar-refractivity contribution < 1.29 is 9.53 Å². The van der Waals surface area contributed by atoms with Crippen LogP contribution in [0.1, 0.15) is 10.4 Å². The maximum Gasteiger partial charge on any atom is 0.189 e. The number of ketones is 1. The Morgan fingerprint density at radius 1 is 1.41 bits per heavy atom. The van der Waals surface area contributed by atoms with Crippen molar-refractivity contribution >= 4 is 27.2 Å². The average Bonchev–Trinajstić information content (AvgIpc) is 2.71. The van der Waals surface area contributed by atoms with Gasteiger partial charge in [0.2, 0.25) is 0 Å². The predicted molar refractivity (Wildman–Crippen MR) is 65.0 cm³/mol. The van der Waals surface area contributed by atoms with Crippen LogP contribution in [0.15, 0.2) is 29.6 Å². The number of Topliss-reactive ketones (excluding diaryl/α,β-unsaturated/α-hetero) is 1. The fourth-order valence-electron chi connectivity index (χ4n) is 1.96. The van der Waals surface area contributed by atoms with Crippen molar-refractivity contribution in [1.82, 2.24) is 0 Å². The van der Waals surface area contributed by atoms with E-state index < -0.39 is 5.41 Å². The SMILES string of the molecule is N#CC1(C(=O)c2csc3ccccc23)COC1. The van der Waals surface area contributed by atoms with Gasteiger partial charge in [-0.15, -0.1) is 11.3 Å². The summed E-state index contributed by atoms with van der Waals surface area (Å²) in [6.45, 7) is 0.430. The number of carbonyl (C=O) groups excluding carboxylic acids is 1. The fraction of sp³-hybridized carbons (Fsp3) is 0.231. The lowest BCUT2D eigenvalue weighted by atomic mass is 9.80. The highest BCUT2D eigenvalue weighted by molar-refractivity contribution is 7.17. The van der Waals surface area contributed by atoms with E-state index in [2.05, 4.69) is 6.07 Å². The molecule has 0 saturated carbocycles. The van der Waals surface area contributed by atoms with Gasteiger partial charge in [0.05, 0.1) is 19.3 Å². The van der Waals surface area contributed by atoms with E-state index in [1.165, 1.54) is 11.3 Å². The van der Waals surface area contributed by atoms with Crippen LogP contribution in [0.25, 0.3) is 10.1 Å². The Kier molecular flexibility index (Phi) is 2.25. The highest BCUT2D eigenvalue weighted by Crippen LogP contribution is 2.35. The molecule has 4 heteroatoms. The lowest BCUT2D eigenvalue weighted by Crippen LogP contribution is -2.47. The zero-order chi connectivity index (χ0) is 11.9. The molecular formula is C13H9NO2S. The third kappa shape index (κ3) is 1.40. The van der Waals surface area contributed by atoms with Gasteiger partial charge in [-0.05, 0) is 6.07 Å². The van der Waals surface area contributed by atoms with E-state index in [1.54, 1.807) is 0 Å². The quantitative estimate of drug-likeness (QED) is 0.762. The zero-order valence-electron chi connectivity index (χ0n) is 8.97. The molecule has 0 N–H and O–H groups in total. The normalized spacial score (nSPS) is 17.4. The minimum Gasteiger partial charge on any atom is -0.377 e. The number of thiophene rings is 1. The van der Waals surface area contributed by atoms with Gasteiger partial charge in [0, 0.05) is 21.0 Å². The molecule has 2 aromatic rings. The van der Waals surface area contributed by atoms with E-state index in [0.717, 1.165) is 10.1 Å². The molecule has 0 atom stereocenters. The first-order chi connectivity index (χ1) is 8.27. The van der Waals surface area contributed by atoms with Crippen molar-refractivity contribution in [2.45, 2.75) is 0 Å². The maximum atomic E-state index is 12.4. The molecule has 1 aliphatic heterocycles. The molecular weight excluding hydrogens is 234 g/mol. The highest BCUT2D eigenvalue weighted by atomic mass is 32.1. The second-order valence-electron chi connectivity index (χ2n) is 4.16. The monoisotopic (exact) mass is 243 g/mol. The van der Waals surface area contributed by atoms with Gasteiger partial charge in [0.25, 0.3) is 0 Å². The second kappa shape index (κ2) is 3.66. The molecule has 84 valence electrons. The summed E-state index contributed by atoms with van der Waals surface area (Å²) in [5, 5.41) is 11.9. The molecule has 17 heavy (non-hydrogen) atoms. The molecule has 0 amide bonds. The van der Waals surface area contributed by atoms with Crippen LogP contribution < -0.4 is 0 Å². The number of hydrogen-bond acceptors (Lipinski definition) is 4. The van der Waals surface area contributed by atoms with E-state index in [1.807, 2.05) is 29.6 Å². The van der Waals surface area contributed by atoms with Gasteiger partial charge in [0.15, 0.2) is 11.2 Å². The number of carbonyl (C=O) groups is 1. The Labute approximate surface area is 102 Å². The number of nitriles is 1. The van der Waals surface area contributed by atoms with Crippen LogP contribution in [0.2, 0.25) is 0 Å². The van der Waals surface area contributed by atoms with Crippen molar-refractivity contribution in [2.24, 2.45) is 5.41 Å². The summed E-state index contributed by atoms with van der Waals surface area (Å²) in [6, 6.07) is 9.85. The van der Waals surface area contributed by atoms with Crippen LogP contribution in [-0.4, -0.2) is 19.0 Å². The maximum absolute atomic E-state index is 12.4. The second-order valence-corrected chi connectivity index (χ2v) is 5.07. The Morgan fingerprint density at radius 2 is 2.18 bits per heavy atom. The van der Waals surface area contributed by atoms with Crippen LogP contribution in [0.5, 0.6) is 0 Å². The molecule has 0 bridgehead atoms. The molecule has 3 nitrogen and oxygen atoms in total. The van der Waals surface area contributed by atoms with E-state index >= 15 is 0 Å². The predicted octanol–water partition coefficient (Wildman–Crippen LogP) is 2.62. The van der Waals surface area contributed by atoms with Gasteiger partial charge in [-0.25, -0.2) is 0 Å². The molecule has 0 radical (unpaired) electrons. The minimum atomic E-state index is -0.955. The fourth-order valence-corrected chi connectivity index (χ4v) is 2.90. The van der Waals surface area contributed by atoms with Gasteiger partial charge in [-0.3, -0.25) is 4.79 Å². The molecule has 0 unspecified atom stereocenters. The molecule has 1 saturated heterocycles. The molecule has 3 rings (SSSR count). The summed E-state index contributed by atoms with van der Waals surface area (Å²) in [7, 11) is 0. The number of fused-ring (bicyclic) bond motifs is 1. The summed E-state index contributed by atoms with van der Waals surface area (Å²) in [5.41, 5.74) is -0.306. The standard InChI is InChI=1S/C13H9NO2S/c14-6-13(7-16-8-13)12(15)10-5-17-11-4-2-1-3-9(10)11/h1-5H,7-8H2. The van der Waals surface area contributed by atoms with Gasteiger partial charge in [0.1, 0.15) is 0 Å². The van der Waals surface area contributed by atoms with Crippen molar-refractivity contribution in [2.75, 3.05) is 13.2 Å². The smallest absolute Gasteiger partial charge is 0.189 e. The Bertz CT molecular complexity index is 634. The Morgan fingerprint density at radius 3 is 2.82 bits per heavy atom. The van der Waals surface area contributed by atoms with Crippen molar-refractivity contribution in [1.29, 1.82) is 5.26 Å². The minimum absolute atomic E-state index is 0.108. The average molecular weight is 243 g/mol. The van der Waals surface area contributed by atoms with Crippen LogP contribution in [0, 0.1) is 16.7 Å². The molecule has 1 aromatic carbocycles. The highest BCUT2D eigenvalue weighted by Gasteiger charge is 2.47. The summed E-state index contributed by atoms with van der Waals surface area (Å²) in [4.78, 5) is 12.4. The zero-order valence-corrected chi connectivity index (χ0v) is 9.79. The number of ether oxygens (including phenoxy) is 1.